The quantitative estimate of drug-likeness (QED) is 0.877. The number of rotatable bonds is 2. The molecule has 0 spiro atoms. The zero-order valence-corrected chi connectivity index (χ0v) is 12.4. The van der Waals surface area contributed by atoms with Crippen molar-refractivity contribution >= 4 is 17.7 Å². The molecule has 2 N–H and O–H groups in total. The molecule has 0 unspecified atom stereocenters. The molecule has 1 aromatic carbocycles. The maximum Gasteiger partial charge on any atom is 0.336 e. The summed E-state index contributed by atoms with van der Waals surface area (Å²) in [4.78, 5) is 25.1. The fourth-order valence-electron chi connectivity index (χ4n) is 2.54. The van der Waals surface area contributed by atoms with Gasteiger partial charge in [-0.05, 0) is 38.5 Å². The van der Waals surface area contributed by atoms with Crippen LogP contribution in [0.1, 0.15) is 29.8 Å². The highest BCUT2D eigenvalue weighted by Gasteiger charge is 2.26. The molecule has 6 heteroatoms. The lowest BCUT2D eigenvalue weighted by molar-refractivity contribution is -0.0530. The summed E-state index contributed by atoms with van der Waals surface area (Å²) in [5, 5.41) is 11.9. The molecule has 0 saturated carbocycles. The summed E-state index contributed by atoms with van der Waals surface area (Å²) in [5.41, 5.74) is 1.26. The number of amides is 2. The fourth-order valence-corrected chi connectivity index (χ4v) is 2.54. The number of nitrogens with one attached hydrogen (secondary N) is 1. The molecule has 2 amide bonds. The molecule has 0 aliphatic carbocycles. The normalized spacial score (nSPS) is 22.0. The minimum atomic E-state index is -1.00. The maximum atomic E-state index is 12.3. The van der Waals surface area contributed by atoms with E-state index in [1.54, 1.807) is 24.0 Å². The molecule has 2 atom stereocenters. The van der Waals surface area contributed by atoms with Crippen LogP contribution in [0.5, 0.6) is 0 Å². The lowest BCUT2D eigenvalue weighted by Gasteiger charge is -2.35. The molecule has 1 aromatic rings. The van der Waals surface area contributed by atoms with Crippen LogP contribution < -0.4 is 5.32 Å². The van der Waals surface area contributed by atoms with E-state index in [0.717, 1.165) is 0 Å². The Morgan fingerprint density at radius 1 is 1.29 bits per heavy atom. The Labute approximate surface area is 123 Å². The van der Waals surface area contributed by atoms with Crippen LogP contribution in [0, 0.1) is 6.92 Å². The first-order valence-electron chi connectivity index (χ1n) is 6.92. The highest BCUT2D eigenvalue weighted by atomic mass is 16.5. The van der Waals surface area contributed by atoms with Gasteiger partial charge in [0, 0.05) is 18.8 Å². The summed E-state index contributed by atoms with van der Waals surface area (Å²) in [7, 11) is 0. The summed E-state index contributed by atoms with van der Waals surface area (Å²) < 4.78 is 5.59. The molecule has 1 heterocycles. The van der Waals surface area contributed by atoms with E-state index in [0.29, 0.717) is 24.3 Å². The zero-order valence-electron chi connectivity index (χ0n) is 12.4. The summed E-state index contributed by atoms with van der Waals surface area (Å²) >= 11 is 0. The van der Waals surface area contributed by atoms with E-state index in [1.807, 2.05) is 13.8 Å². The van der Waals surface area contributed by atoms with Gasteiger partial charge in [0.2, 0.25) is 0 Å². The van der Waals surface area contributed by atoms with Crippen LogP contribution in [0.4, 0.5) is 10.5 Å². The van der Waals surface area contributed by atoms with E-state index in [-0.39, 0.29) is 23.8 Å². The van der Waals surface area contributed by atoms with E-state index in [9.17, 15) is 9.59 Å². The number of aromatic carboxylic acids is 1. The first-order valence-corrected chi connectivity index (χ1v) is 6.92. The number of hydrogen-bond acceptors (Lipinski definition) is 3. The maximum absolute atomic E-state index is 12.3. The number of carboxylic acid groups (broad SMARTS) is 1. The largest absolute Gasteiger partial charge is 0.478 e. The van der Waals surface area contributed by atoms with Gasteiger partial charge < -0.3 is 20.1 Å². The molecule has 1 saturated heterocycles. The average molecular weight is 292 g/mol. The third kappa shape index (κ3) is 3.52. The van der Waals surface area contributed by atoms with Gasteiger partial charge in [-0.2, -0.15) is 0 Å². The first-order chi connectivity index (χ1) is 9.88. The van der Waals surface area contributed by atoms with Crippen LogP contribution in [-0.4, -0.2) is 47.3 Å². The van der Waals surface area contributed by atoms with Gasteiger partial charge in [0.1, 0.15) is 0 Å². The van der Waals surface area contributed by atoms with Crippen molar-refractivity contribution in [1.29, 1.82) is 0 Å². The molecule has 1 aliphatic heterocycles. The van der Waals surface area contributed by atoms with Crippen LogP contribution in [0.3, 0.4) is 0 Å². The smallest absolute Gasteiger partial charge is 0.336 e. The predicted octanol–water partition coefficient (Wildman–Crippen LogP) is 2.33. The van der Waals surface area contributed by atoms with Gasteiger partial charge in [-0.1, -0.05) is 6.07 Å². The number of morpholine rings is 1. The molecule has 0 bridgehead atoms. The highest BCUT2D eigenvalue weighted by Crippen LogP contribution is 2.20. The van der Waals surface area contributed by atoms with Crippen molar-refractivity contribution in [3.8, 4) is 0 Å². The third-order valence-electron chi connectivity index (χ3n) is 3.51. The zero-order chi connectivity index (χ0) is 15.6. The Balaban J connectivity index is 2.13. The number of ether oxygens (including phenoxy) is 1. The Kier molecular flexibility index (Phi) is 4.47. The summed E-state index contributed by atoms with van der Waals surface area (Å²) in [6.07, 6.45) is -0.0168. The minimum absolute atomic E-state index is 0.00838. The van der Waals surface area contributed by atoms with Crippen LogP contribution in [0.2, 0.25) is 0 Å². The number of carbonyl (C=O) groups is 2. The van der Waals surface area contributed by atoms with Gasteiger partial charge in [0.25, 0.3) is 0 Å². The van der Waals surface area contributed by atoms with Crippen molar-refractivity contribution in [2.45, 2.75) is 33.0 Å². The second kappa shape index (κ2) is 6.13. The second-order valence-corrected chi connectivity index (χ2v) is 5.38. The number of hydrogen-bond donors (Lipinski definition) is 2. The van der Waals surface area contributed by atoms with Crippen LogP contribution in [0.15, 0.2) is 18.2 Å². The van der Waals surface area contributed by atoms with Gasteiger partial charge in [-0.25, -0.2) is 9.59 Å². The molecule has 2 rings (SSSR count). The molecule has 0 aromatic heterocycles. The number of anilines is 1. The van der Waals surface area contributed by atoms with Crippen LogP contribution in [0.25, 0.3) is 0 Å². The summed E-state index contributed by atoms with van der Waals surface area (Å²) in [5.74, 6) is -1.00. The van der Waals surface area contributed by atoms with Crippen LogP contribution >= 0.6 is 0 Å². The van der Waals surface area contributed by atoms with E-state index in [4.69, 9.17) is 9.84 Å². The number of carbonyl (C=O) groups excluding carboxylic acids is 1. The van der Waals surface area contributed by atoms with Crippen LogP contribution in [-0.2, 0) is 4.74 Å². The topological polar surface area (TPSA) is 78.9 Å². The Hall–Kier alpha value is -2.08. The number of nitrogens with zero attached hydrogens (tertiary/aromatic N) is 1. The van der Waals surface area contributed by atoms with Crippen molar-refractivity contribution < 1.29 is 19.4 Å². The molecule has 1 fully saturated rings. The Morgan fingerprint density at radius 3 is 2.48 bits per heavy atom. The lowest BCUT2D eigenvalue weighted by atomic mass is 10.1. The number of benzene rings is 1. The lowest BCUT2D eigenvalue weighted by Crippen LogP contribution is -2.49. The first kappa shape index (κ1) is 15.3. The van der Waals surface area contributed by atoms with E-state index < -0.39 is 5.97 Å². The Morgan fingerprint density at radius 2 is 1.90 bits per heavy atom. The van der Waals surface area contributed by atoms with Crippen molar-refractivity contribution in [2.24, 2.45) is 0 Å². The van der Waals surface area contributed by atoms with E-state index in [2.05, 4.69) is 5.32 Å². The molecule has 21 heavy (non-hydrogen) atoms. The van der Waals surface area contributed by atoms with Gasteiger partial charge >= 0.3 is 12.0 Å². The average Bonchev–Trinajstić information content (AvgIpc) is 2.39. The standard InChI is InChI=1S/C15H20N2O4/c1-9-7-17(8-10(2)21-9)15(20)16-13-6-4-5-12(11(13)3)14(18)19/h4-6,9-10H,7-8H2,1-3H3,(H,16,20)(H,18,19)/t9-,10+. The predicted molar refractivity (Wildman–Crippen MR) is 78.7 cm³/mol. The monoisotopic (exact) mass is 292 g/mol. The van der Waals surface area contributed by atoms with Gasteiger partial charge in [0.15, 0.2) is 0 Å². The van der Waals surface area contributed by atoms with Crippen molar-refractivity contribution in [1.82, 2.24) is 4.90 Å². The third-order valence-corrected chi connectivity index (χ3v) is 3.51. The van der Waals surface area contributed by atoms with Gasteiger partial charge in [0.05, 0.1) is 17.8 Å². The second-order valence-electron chi connectivity index (χ2n) is 5.38. The summed E-state index contributed by atoms with van der Waals surface area (Å²) in [6, 6.07) is 4.61. The number of urea groups is 1. The van der Waals surface area contributed by atoms with E-state index in [1.165, 1.54) is 6.07 Å². The summed E-state index contributed by atoms with van der Waals surface area (Å²) in [6.45, 7) is 6.57. The van der Waals surface area contributed by atoms with Crippen molar-refractivity contribution in [3.63, 3.8) is 0 Å². The molecule has 0 radical (unpaired) electrons. The molecule has 114 valence electrons. The molecule has 1 aliphatic rings. The van der Waals surface area contributed by atoms with E-state index >= 15 is 0 Å². The van der Waals surface area contributed by atoms with Crippen molar-refractivity contribution in [2.75, 3.05) is 18.4 Å². The number of carboxylic acids is 1. The van der Waals surface area contributed by atoms with Gasteiger partial charge in [-0.15, -0.1) is 0 Å². The fraction of sp³-hybridized carbons (Fsp3) is 0.467. The molecular weight excluding hydrogens is 272 g/mol. The van der Waals surface area contributed by atoms with Crippen molar-refractivity contribution in [3.05, 3.63) is 29.3 Å². The molecular formula is C15H20N2O4. The van der Waals surface area contributed by atoms with Gasteiger partial charge in [-0.3, -0.25) is 0 Å². The highest BCUT2D eigenvalue weighted by molar-refractivity contribution is 5.95. The molecule has 6 nitrogen and oxygen atoms in total. The SMILES string of the molecule is Cc1c(NC(=O)N2C[C@@H](C)O[C@@H](C)C2)cccc1C(=O)O. The Bertz CT molecular complexity index is 549. The minimum Gasteiger partial charge on any atom is -0.478 e.